The highest BCUT2D eigenvalue weighted by molar-refractivity contribution is 5.94. The number of aromatic nitrogens is 2. The molecule has 1 amide bonds. The minimum Gasteiger partial charge on any atom is -0.339 e. The third-order valence-electron chi connectivity index (χ3n) is 5.23. The van der Waals surface area contributed by atoms with Crippen LogP contribution in [0.25, 0.3) is 22.3 Å². The molecule has 6 heteroatoms. The van der Waals surface area contributed by atoms with Crippen LogP contribution in [0.1, 0.15) is 24.2 Å². The minimum atomic E-state index is -0.187. The lowest BCUT2D eigenvalue weighted by Gasteiger charge is -2.19. The Hall–Kier alpha value is -3.93. The Labute approximate surface area is 180 Å². The Kier molecular flexibility index (Phi) is 5.80. The van der Waals surface area contributed by atoms with Crippen LogP contribution in [0.2, 0.25) is 0 Å². The average Bonchev–Trinajstić information content (AvgIpc) is 2.82. The molecular weight excluding hydrogens is 388 g/mol. The third kappa shape index (κ3) is 4.05. The largest absolute Gasteiger partial charge is 0.339 e. The maximum Gasteiger partial charge on any atom is 0.280 e. The molecule has 0 unspecified atom stereocenters. The van der Waals surface area contributed by atoms with Crippen LogP contribution < -0.4 is 11.0 Å². The molecule has 0 radical (unpaired) electrons. The highest BCUT2D eigenvalue weighted by atomic mass is 16.2. The van der Waals surface area contributed by atoms with Gasteiger partial charge in [-0.3, -0.25) is 15.0 Å². The number of rotatable bonds is 6. The summed E-state index contributed by atoms with van der Waals surface area (Å²) in [6, 6.07) is 24.0. The molecule has 0 atom stereocenters. The molecule has 0 saturated carbocycles. The Morgan fingerprint density at radius 1 is 0.903 bits per heavy atom. The van der Waals surface area contributed by atoms with Gasteiger partial charge in [0.2, 0.25) is 0 Å². The number of hydrogen-bond acceptors (Lipinski definition) is 4. The molecular formula is C25H24N4O2. The van der Waals surface area contributed by atoms with E-state index in [9.17, 15) is 9.59 Å². The maximum absolute atomic E-state index is 13.3. The van der Waals surface area contributed by atoms with E-state index in [1.54, 1.807) is 35.2 Å². The van der Waals surface area contributed by atoms with Crippen LogP contribution >= 0.6 is 0 Å². The molecule has 0 aliphatic heterocycles. The topological polar surface area (TPSA) is 67.2 Å². The SMILES string of the molecule is CCN(CC)C(=O)c1ccc(Nn2c(-c3ccccc3)nc3ccccc3c2=O)cc1. The molecule has 1 aromatic heterocycles. The highest BCUT2D eigenvalue weighted by Crippen LogP contribution is 2.20. The number of carbonyl (C=O) groups excluding carboxylic acids is 1. The van der Waals surface area contributed by atoms with Crippen molar-refractivity contribution in [1.29, 1.82) is 0 Å². The lowest BCUT2D eigenvalue weighted by molar-refractivity contribution is 0.0773. The van der Waals surface area contributed by atoms with Crippen molar-refractivity contribution in [3.05, 3.63) is 94.8 Å². The molecule has 0 aliphatic carbocycles. The zero-order valence-electron chi connectivity index (χ0n) is 17.6. The fourth-order valence-electron chi connectivity index (χ4n) is 3.53. The van der Waals surface area contributed by atoms with Gasteiger partial charge in [-0.2, -0.15) is 0 Å². The van der Waals surface area contributed by atoms with E-state index in [-0.39, 0.29) is 11.5 Å². The molecule has 0 aliphatic rings. The fraction of sp³-hybridized carbons (Fsp3) is 0.160. The predicted molar refractivity (Wildman–Crippen MR) is 124 cm³/mol. The van der Waals surface area contributed by atoms with Crippen LogP contribution in [0.4, 0.5) is 5.69 Å². The summed E-state index contributed by atoms with van der Waals surface area (Å²) in [5.41, 5.74) is 5.75. The molecule has 0 fully saturated rings. The van der Waals surface area contributed by atoms with Crippen molar-refractivity contribution in [1.82, 2.24) is 14.6 Å². The van der Waals surface area contributed by atoms with Crippen molar-refractivity contribution in [2.45, 2.75) is 13.8 Å². The summed E-state index contributed by atoms with van der Waals surface area (Å²) in [5.74, 6) is 0.513. The van der Waals surface area contributed by atoms with E-state index < -0.39 is 0 Å². The molecule has 1 N–H and O–H groups in total. The fourth-order valence-corrected chi connectivity index (χ4v) is 3.53. The van der Waals surface area contributed by atoms with Gasteiger partial charge in [-0.05, 0) is 50.2 Å². The van der Waals surface area contributed by atoms with Gasteiger partial charge in [0.05, 0.1) is 16.6 Å². The molecule has 156 valence electrons. The lowest BCUT2D eigenvalue weighted by atomic mass is 10.1. The van der Waals surface area contributed by atoms with Gasteiger partial charge in [0.1, 0.15) is 0 Å². The van der Waals surface area contributed by atoms with Crippen molar-refractivity contribution in [2.75, 3.05) is 18.5 Å². The zero-order chi connectivity index (χ0) is 21.8. The first-order chi connectivity index (χ1) is 15.1. The van der Waals surface area contributed by atoms with Crippen LogP contribution in [0.15, 0.2) is 83.7 Å². The van der Waals surface area contributed by atoms with Gasteiger partial charge < -0.3 is 4.90 Å². The Bertz CT molecular complexity index is 1260. The van der Waals surface area contributed by atoms with E-state index in [4.69, 9.17) is 4.98 Å². The van der Waals surface area contributed by atoms with Gasteiger partial charge >= 0.3 is 0 Å². The van der Waals surface area contributed by atoms with Crippen molar-refractivity contribution < 1.29 is 4.79 Å². The average molecular weight is 412 g/mol. The molecule has 4 aromatic rings. The van der Waals surface area contributed by atoms with Crippen molar-refractivity contribution in [3.8, 4) is 11.4 Å². The number of amides is 1. The number of hydrogen-bond donors (Lipinski definition) is 1. The van der Waals surface area contributed by atoms with Crippen LogP contribution in [0.5, 0.6) is 0 Å². The van der Waals surface area contributed by atoms with Gasteiger partial charge in [-0.25, -0.2) is 9.66 Å². The van der Waals surface area contributed by atoms with Crippen LogP contribution in [0.3, 0.4) is 0 Å². The lowest BCUT2D eigenvalue weighted by Crippen LogP contribution is -2.30. The number of nitrogens with zero attached hydrogens (tertiary/aromatic N) is 3. The van der Waals surface area contributed by atoms with E-state index in [1.165, 1.54) is 4.68 Å². The van der Waals surface area contributed by atoms with Crippen molar-refractivity contribution in [2.24, 2.45) is 0 Å². The van der Waals surface area contributed by atoms with Gasteiger partial charge in [-0.15, -0.1) is 0 Å². The summed E-state index contributed by atoms with van der Waals surface area (Å²) in [6.45, 7) is 5.24. The van der Waals surface area contributed by atoms with Crippen molar-refractivity contribution >= 4 is 22.5 Å². The van der Waals surface area contributed by atoms with E-state index in [1.807, 2.05) is 62.4 Å². The second-order valence-corrected chi connectivity index (χ2v) is 7.13. The highest BCUT2D eigenvalue weighted by Gasteiger charge is 2.14. The van der Waals surface area contributed by atoms with Crippen LogP contribution in [-0.2, 0) is 0 Å². The second-order valence-electron chi connectivity index (χ2n) is 7.13. The maximum atomic E-state index is 13.3. The number of fused-ring (bicyclic) bond motifs is 1. The number of nitrogens with one attached hydrogen (secondary N) is 1. The van der Waals surface area contributed by atoms with Gasteiger partial charge in [0.15, 0.2) is 5.82 Å². The molecule has 4 rings (SSSR count). The molecule has 31 heavy (non-hydrogen) atoms. The standard InChI is InChI=1S/C25H24N4O2/c1-3-28(4-2)24(30)19-14-16-20(17-15-19)27-29-23(18-10-6-5-7-11-18)26-22-13-9-8-12-21(22)25(29)31/h5-17,27H,3-4H2,1-2H3. The van der Waals surface area contributed by atoms with Crippen LogP contribution in [-0.4, -0.2) is 33.6 Å². The van der Waals surface area contributed by atoms with E-state index in [0.29, 0.717) is 41.1 Å². The number of para-hydroxylation sites is 1. The second kappa shape index (κ2) is 8.83. The number of carbonyl (C=O) groups is 1. The minimum absolute atomic E-state index is 0.00827. The van der Waals surface area contributed by atoms with Gasteiger partial charge in [0.25, 0.3) is 11.5 Å². The van der Waals surface area contributed by atoms with Gasteiger partial charge in [-0.1, -0.05) is 42.5 Å². The van der Waals surface area contributed by atoms with E-state index in [2.05, 4.69) is 5.43 Å². The summed E-state index contributed by atoms with van der Waals surface area (Å²) in [5, 5.41) is 0.531. The summed E-state index contributed by atoms with van der Waals surface area (Å²) in [7, 11) is 0. The Morgan fingerprint density at radius 3 is 2.23 bits per heavy atom. The van der Waals surface area contributed by atoms with Crippen LogP contribution in [0, 0.1) is 0 Å². The summed E-state index contributed by atoms with van der Waals surface area (Å²) >= 11 is 0. The molecule has 0 bridgehead atoms. The van der Waals surface area contributed by atoms with E-state index >= 15 is 0 Å². The summed E-state index contributed by atoms with van der Waals surface area (Å²) in [6.07, 6.45) is 0. The summed E-state index contributed by atoms with van der Waals surface area (Å²) < 4.78 is 1.46. The van der Waals surface area contributed by atoms with Gasteiger partial charge in [0, 0.05) is 24.2 Å². The Morgan fingerprint density at radius 2 is 1.55 bits per heavy atom. The third-order valence-corrected chi connectivity index (χ3v) is 5.23. The smallest absolute Gasteiger partial charge is 0.280 e. The molecule has 6 nitrogen and oxygen atoms in total. The predicted octanol–water partition coefficient (Wildman–Crippen LogP) is 4.42. The monoisotopic (exact) mass is 412 g/mol. The first-order valence-electron chi connectivity index (χ1n) is 10.4. The first kappa shape index (κ1) is 20.3. The Balaban J connectivity index is 1.75. The molecule has 1 heterocycles. The number of benzene rings is 3. The molecule has 0 spiro atoms. The van der Waals surface area contributed by atoms with Crippen molar-refractivity contribution in [3.63, 3.8) is 0 Å². The van der Waals surface area contributed by atoms with E-state index in [0.717, 1.165) is 5.56 Å². The molecule has 3 aromatic carbocycles. The first-order valence-corrected chi connectivity index (χ1v) is 10.4. The zero-order valence-corrected chi connectivity index (χ0v) is 17.6. The number of anilines is 1. The quantitative estimate of drug-likeness (QED) is 0.509. The summed E-state index contributed by atoms with van der Waals surface area (Å²) in [4.78, 5) is 32.3. The normalized spacial score (nSPS) is 10.8. The molecule has 0 saturated heterocycles.